The Morgan fingerprint density at radius 3 is 2.56 bits per heavy atom. The van der Waals surface area contributed by atoms with Crippen molar-refractivity contribution in [2.24, 2.45) is 4.99 Å². The van der Waals surface area contributed by atoms with Gasteiger partial charge in [0.1, 0.15) is 6.34 Å². The molecule has 0 saturated heterocycles. The van der Waals surface area contributed by atoms with Crippen molar-refractivity contribution >= 4 is 35.8 Å². The first-order valence-corrected chi connectivity index (χ1v) is 7.13. The average Bonchev–Trinajstić information content (AvgIpc) is 2.35. The van der Waals surface area contributed by atoms with Gasteiger partial charge in [0.2, 0.25) is 0 Å². The summed E-state index contributed by atoms with van der Waals surface area (Å²) in [4.78, 5) is 4.46. The molecule has 0 fully saturated rings. The molecule has 0 aromatic heterocycles. The van der Waals surface area contributed by atoms with Gasteiger partial charge in [0.15, 0.2) is 0 Å². The molecule has 0 atom stereocenters. The molecule has 100 valence electrons. The van der Waals surface area contributed by atoms with E-state index in [4.69, 9.17) is 11.6 Å². The third-order valence-corrected chi connectivity index (χ3v) is 3.80. The fourth-order valence-corrected chi connectivity index (χ4v) is 2.36. The molecule has 1 rings (SSSR count). The largest absolute Gasteiger partial charge is 0.297 e. The van der Waals surface area contributed by atoms with Gasteiger partial charge in [-0.1, -0.05) is 25.4 Å². The Morgan fingerprint density at radius 1 is 1.33 bits per heavy atom. The lowest BCUT2D eigenvalue weighted by Gasteiger charge is -2.21. The molecule has 1 aromatic carbocycles. The van der Waals surface area contributed by atoms with E-state index < -0.39 is 0 Å². The predicted molar refractivity (Wildman–Crippen MR) is 82.6 cm³/mol. The van der Waals surface area contributed by atoms with Crippen LogP contribution >= 0.6 is 23.7 Å². The van der Waals surface area contributed by atoms with Gasteiger partial charge in [-0.25, -0.2) is 9.30 Å². The Labute approximate surface area is 119 Å². The van der Waals surface area contributed by atoms with Crippen LogP contribution in [0, 0.1) is 6.92 Å². The fourth-order valence-electron chi connectivity index (χ4n) is 1.45. The Bertz CT molecular complexity index is 405. The van der Waals surface area contributed by atoms with Crippen molar-refractivity contribution in [1.29, 1.82) is 0 Å². The zero-order valence-corrected chi connectivity index (χ0v) is 12.9. The number of halogens is 1. The summed E-state index contributed by atoms with van der Waals surface area (Å²) in [5.74, 6) is 0. The molecular formula is C13H20ClN3S. The summed E-state index contributed by atoms with van der Waals surface area (Å²) in [5, 5.41) is 0.748. The first-order valence-electron chi connectivity index (χ1n) is 6.03. The number of nitrogens with zero attached hydrogens (tertiary/aromatic N) is 3. The fraction of sp³-hybridized carbons (Fsp3) is 0.462. The summed E-state index contributed by atoms with van der Waals surface area (Å²) in [6.45, 7) is 8.32. The van der Waals surface area contributed by atoms with Crippen molar-refractivity contribution in [3.05, 3.63) is 28.8 Å². The van der Waals surface area contributed by atoms with Gasteiger partial charge in [-0.2, -0.15) is 0 Å². The molecule has 0 aliphatic carbocycles. The van der Waals surface area contributed by atoms with Crippen molar-refractivity contribution in [2.45, 2.75) is 20.8 Å². The maximum atomic E-state index is 5.91. The highest BCUT2D eigenvalue weighted by molar-refractivity contribution is 7.95. The molecule has 18 heavy (non-hydrogen) atoms. The molecule has 0 radical (unpaired) electrons. The van der Waals surface area contributed by atoms with Crippen molar-refractivity contribution in [3.63, 3.8) is 0 Å². The quantitative estimate of drug-likeness (QED) is 0.445. The first kappa shape index (κ1) is 15.3. The smallest absolute Gasteiger partial charge is 0.102 e. The third-order valence-electron chi connectivity index (χ3n) is 2.47. The molecule has 0 aliphatic heterocycles. The van der Waals surface area contributed by atoms with Gasteiger partial charge in [0, 0.05) is 37.3 Å². The highest BCUT2D eigenvalue weighted by atomic mass is 35.5. The van der Waals surface area contributed by atoms with E-state index in [0.29, 0.717) is 0 Å². The lowest BCUT2D eigenvalue weighted by Crippen LogP contribution is -2.21. The molecule has 0 spiro atoms. The van der Waals surface area contributed by atoms with Gasteiger partial charge in [-0.05, 0) is 30.7 Å². The molecule has 0 unspecified atom stereocenters. The van der Waals surface area contributed by atoms with Crippen molar-refractivity contribution in [1.82, 2.24) is 8.61 Å². The highest BCUT2D eigenvalue weighted by Gasteiger charge is 2.03. The number of aliphatic imine (C=N–C) groups is 1. The monoisotopic (exact) mass is 285 g/mol. The summed E-state index contributed by atoms with van der Waals surface area (Å²) in [5.41, 5.74) is 2.03. The van der Waals surface area contributed by atoms with E-state index in [1.807, 2.05) is 42.8 Å². The van der Waals surface area contributed by atoms with Crippen LogP contribution in [0.5, 0.6) is 0 Å². The molecule has 0 heterocycles. The van der Waals surface area contributed by atoms with Crippen LogP contribution in [0.4, 0.5) is 5.69 Å². The summed E-state index contributed by atoms with van der Waals surface area (Å²) in [7, 11) is 2.00. The Balaban J connectivity index is 2.62. The first-order chi connectivity index (χ1) is 8.56. The van der Waals surface area contributed by atoms with Crippen LogP contribution in [-0.4, -0.2) is 35.1 Å². The number of hydrogen-bond donors (Lipinski definition) is 0. The maximum Gasteiger partial charge on any atom is 0.102 e. The molecule has 0 N–H and O–H groups in total. The summed E-state index contributed by atoms with van der Waals surface area (Å²) in [6, 6.07) is 5.72. The van der Waals surface area contributed by atoms with E-state index in [2.05, 4.69) is 23.1 Å². The second-order valence-electron chi connectivity index (χ2n) is 3.92. The predicted octanol–water partition coefficient (Wildman–Crippen LogP) is 4.15. The minimum absolute atomic E-state index is 0.748. The number of benzene rings is 1. The minimum atomic E-state index is 0.748. The molecule has 0 aliphatic rings. The summed E-state index contributed by atoms with van der Waals surface area (Å²) >= 11 is 7.58. The number of hydrogen-bond acceptors (Lipinski definition) is 3. The minimum Gasteiger partial charge on any atom is -0.297 e. The van der Waals surface area contributed by atoms with E-state index in [1.54, 1.807) is 12.1 Å². The van der Waals surface area contributed by atoms with Gasteiger partial charge in [-0.3, -0.25) is 4.31 Å². The van der Waals surface area contributed by atoms with Crippen molar-refractivity contribution in [3.8, 4) is 0 Å². The lowest BCUT2D eigenvalue weighted by molar-refractivity contribution is 0.511. The molecule has 0 saturated carbocycles. The normalized spacial score (nSPS) is 11.4. The van der Waals surface area contributed by atoms with Gasteiger partial charge >= 0.3 is 0 Å². The highest BCUT2D eigenvalue weighted by Crippen LogP contribution is 2.22. The zero-order chi connectivity index (χ0) is 13.5. The van der Waals surface area contributed by atoms with Gasteiger partial charge in [0.05, 0.1) is 5.69 Å². The number of rotatable bonds is 6. The second kappa shape index (κ2) is 7.67. The van der Waals surface area contributed by atoms with E-state index in [1.165, 1.54) is 0 Å². The molecule has 5 heteroatoms. The third kappa shape index (κ3) is 4.88. The van der Waals surface area contributed by atoms with E-state index in [0.717, 1.165) is 29.4 Å². The van der Waals surface area contributed by atoms with E-state index in [-0.39, 0.29) is 0 Å². The summed E-state index contributed by atoms with van der Waals surface area (Å²) < 4.78 is 4.25. The van der Waals surface area contributed by atoms with Gasteiger partial charge < -0.3 is 0 Å². The lowest BCUT2D eigenvalue weighted by atomic mass is 10.2. The SMILES string of the molecule is CCN(CC)SN(C)/C=N/c1ccc(Cl)cc1C. The van der Waals surface area contributed by atoms with Crippen LogP contribution in [0.2, 0.25) is 5.02 Å². The van der Waals surface area contributed by atoms with Crippen LogP contribution in [0.25, 0.3) is 0 Å². The van der Waals surface area contributed by atoms with Crippen LogP contribution in [0.3, 0.4) is 0 Å². The topological polar surface area (TPSA) is 18.8 Å². The molecule has 1 aromatic rings. The molecule has 3 nitrogen and oxygen atoms in total. The van der Waals surface area contributed by atoms with Crippen LogP contribution in [0.1, 0.15) is 19.4 Å². The second-order valence-corrected chi connectivity index (χ2v) is 5.61. The molecule has 0 bridgehead atoms. The Morgan fingerprint density at radius 2 is 2.00 bits per heavy atom. The average molecular weight is 286 g/mol. The van der Waals surface area contributed by atoms with Crippen LogP contribution < -0.4 is 0 Å². The van der Waals surface area contributed by atoms with E-state index >= 15 is 0 Å². The van der Waals surface area contributed by atoms with Crippen LogP contribution in [0.15, 0.2) is 23.2 Å². The summed E-state index contributed by atoms with van der Waals surface area (Å²) in [6.07, 6.45) is 1.83. The molecular weight excluding hydrogens is 266 g/mol. The van der Waals surface area contributed by atoms with Crippen molar-refractivity contribution in [2.75, 3.05) is 20.1 Å². The Kier molecular flexibility index (Phi) is 6.54. The Hall–Kier alpha value is -0.710. The van der Waals surface area contributed by atoms with Crippen molar-refractivity contribution < 1.29 is 0 Å². The molecule has 0 amide bonds. The number of aryl methyl sites for hydroxylation is 1. The van der Waals surface area contributed by atoms with Gasteiger partial charge in [0.25, 0.3) is 0 Å². The maximum absolute atomic E-state index is 5.91. The zero-order valence-electron chi connectivity index (χ0n) is 11.4. The van der Waals surface area contributed by atoms with E-state index in [9.17, 15) is 0 Å². The van der Waals surface area contributed by atoms with Crippen LogP contribution in [-0.2, 0) is 0 Å². The standard InChI is InChI=1S/C13H20ClN3S/c1-5-17(6-2)18-16(4)10-15-13-8-7-12(14)9-11(13)3/h7-10H,5-6H2,1-4H3/b15-10+. The van der Waals surface area contributed by atoms with Gasteiger partial charge in [-0.15, -0.1) is 0 Å².